The molecule has 1 amide bonds. The van der Waals surface area contributed by atoms with Crippen LogP contribution in [0.1, 0.15) is 26.3 Å². The number of carbonyl (C=O) groups is 2. The van der Waals surface area contributed by atoms with Gasteiger partial charge in [0, 0.05) is 25.0 Å². The maximum absolute atomic E-state index is 11.7. The minimum absolute atomic E-state index is 0.0636. The number of amides is 1. The highest BCUT2D eigenvalue weighted by Crippen LogP contribution is 2.11. The predicted molar refractivity (Wildman–Crippen MR) is 81.8 cm³/mol. The highest BCUT2D eigenvalue weighted by Gasteiger charge is 2.24. The minimum atomic E-state index is -1.16. The van der Waals surface area contributed by atoms with Crippen LogP contribution in [0, 0.1) is 0 Å². The standard InChI is InChI=1S/C15H18N4O4/c1-15(2,3)23-14(22)19-11(13(20)21)7-9-6-10-12(18-8-9)17-5-4-16-10/h4-6,8,11H,7H2,1-3H3,(H,19,22)(H,20,21)/t11-/m0/s1. The van der Waals surface area contributed by atoms with E-state index < -0.39 is 23.7 Å². The monoisotopic (exact) mass is 318 g/mol. The lowest BCUT2D eigenvalue weighted by molar-refractivity contribution is -0.139. The topological polar surface area (TPSA) is 114 Å². The predicted octanol–water partition coefficient (Wildman–Crippen LogP) is 1.55. The molecule has 0 aliphatic heterocycles. The lowest BCUT2D eigenvalue weighted by Crippen LogP contribution is -2.44. The van der Waals surface area contributed by atoms with E-state index in [1.54, 1.807) is 26.8 Å². The number of rotatable bonds is 4. The van der Waals surface area contributed by atoms with E-state index in [9.17, 15) is 14.7 Å². The third-order valence-corrected chi connectivity index (χ3v) is 2.81. The summed E-state index contributed by atoms with van der Waals surface area (Å²) in [6, 6.07) is 0.572. The second-order valence-corrected chi connectivity index (χ2v) is 5.98. The molecule has 0 aliphatic rings. The first-order valence-corrected chi connectivity index (χ1v) is 7.02. The van der Waals surface area contributed by atoms with E-state index in [1.807, 2.05) is 0 Å². The van der Waals surface area contributed by atoms with Gasteiger partial charge in [0.05, 0.1) is 0 Å². The first-order chi connectivity index (χ1) is 10.7. The number of pyridine rings is 1. The number of fused-ring (bicyclic) bond motifs is 1. The van der Waals surface area contributed by atoms with Crippen molar-refractivity contribution in [3.05, 3.63) is 30.2 Å². The molecule has 0 bridgehead atoms. The number of aliphatic carboxylic acids is 1. The zero-order valence-electron chi connectivity index (χ0n) is 13.1. The Morgan fingerprint density at radius 2 is 1.96 bits per heavy atom. The minimum Gasteiger partial charge on any atom is -0.480 e. The number of nitrogens with zero attached hydrogens (tertiary/aromatic N) is 3. The molecule has 2 heterocycles. The summed E-state index contributed by atoms with van der Waals surface area (Å²) in [5, 5.41) is 11.6. The molecular weight excluding hydrogens is 300 g/mol. The molecule has 8 nitrogen and oxygen atoms in total. The Balaban J connectivity index is 2.11. The first kappa shape index (κ1) is 16.6. The Kier molecular flexibility index (Phi) is 4.73. The van der Waals surface area contributed by atoms with Gasteiger partial charge in [0.15, 0.2) is 5.65 Å². The first-order valence-electron chi connectivity index (χ1n) is 7.02. The van der Waals surface area contributed by atoms with Crippen molar-refractivity contribution in [1.29, 1.82) is 0 Å². The van der Waals surface area contributed by atoms with E-state index >= 15 is 0 Å². The van der Waals surface area contributed by atoms with Gasteiger partial charge >= 0.3 is 12.1 Å². The number of hydrogen-bond acceptors (Lipinski definition) is 6. The molecule has 23 heavy (non-hydrogen) atoms. The van der Waals surface area contributed by atoms with Crippen LogP contribution >= 0.6 is 0 Å². The van der Waals surface area contributed by atoms with Crippen LogP contribution in [-0.2, 0) is 16.0 Å². The molecule has 0 spiro atoms. The van der Waals surface area contributed by atoms with Crippen LogP contribution in [0.5, 0.6) is 0 Å². The van der Waals surface area contributed by atoms with Gasteiger partial charge < -0.3 is 15.2 Å². The van der Waals surface area contributed by atoms with Crippen molar-refractivity contribution in [1.82, 2.24) is 20.3 Å². The Morgan fingerprint density at radius 3 is 2.61 bits per heavy atom. The molecule has 1 atom stereocenters. The van der Waals surface area contributed by atoms with Crippen molar-refractivity contribution in [2.75, 3.05) is 0 Å². The average Bonchev–Trinajstić information content (AvgIpc) is 2.44. The van der Waals surface area contributed by atoms with Gasteiger partial charge in [0.2, 0.25) is 0 Å². The number of nitrogens with one attached hydrogen (secondary N) is 1. The fourth-order valence-corrected chi connectivity index (χ4v) is 1.90. The van der Waals surface area contributed by atoms with Gasteiger partial charge in [-0.05, 0) is 32.4 Å². The second kappa shape index (κ2) is 6.55. The Bertz CT molecular complexity index is 727. The third-order valence-electron chi connectivity index (χ3n) is 2.81. The van der Waals surface area contributed by atoms with E-state index in [0.29, 0.717) is 16.7 Å². The van der Waals surface area contributed by atoms with Crippen molar-refractivity contribution < 1.29 is 19.4 Å². The lowest BCUT2D eigenvalue weighted by Gasteiger charge is -2.22. The van der Waals surface area contributed by atoms with Gasteiger partial charge in [0.1, 0.15) is 17.2 Å². The SMILES string of the molecule is CC(C)(C)OC(=O)N[C@@H](Cc1cnc2nccnc2c1)C(=O)O. The number of ether oxygens (including phenoxy) is 1. The summed E-state index contributed by atoms with van der Waals surface area (Å²) in [5.74, 6) is -1.16. The van der Waals surface area contributed by atoms with Gasteiger partial charge in [-0.25, -0.2) is 19.6 Å². The smallest absolute Gasteiger partial charge is 0.408 e. The number of carboxylic acid groups (broad SMARTS) is 1. The van der Waals surface area contributed by atoms with Crippen LogP contribution < -0.4 is 5.32 Å². The van der Waals surface area contributed by atoms with Gasteiger partial charge in [-0.3, -0.25) is 4.98 Å². The summed E-state index contributed by atoms with van der Waals surface area (Å²) in [4.78, 5) is 35.4. The molecule has 2 aromatic rings. The maximum Gasteiger partial charge on any atom is 0.408 e. The van der Waals surface area contributed by atoms with Crippen LogP contribution in [-0.4, -0.2) is 43.8 Å². The fourth-order valence-electron chi connectivity index (χ4n) is 1.90. The number of alkyl carbamates (subject to hydrolysis) is 1. The molecule has 0 saturated carbocycles. The van der Waals surface area contributed by atoms with Gasteiger partial charge in [-0.2, -0.15) is 0 Å². The van der Waals surface area contributed by atoms with Crippen LogP contribution in [0.15, 0.2) is 24.7 Å². The quantitative estimate of drug-likeness (QED) is 0.878. The van der Waals surface area contributed by atoms with Crippen LogP contribution in [0.25, 0.3) is 11.2 Å². The van der Waals surface area contributed by atoms with Crippen LogP contribution in [0.4, 0.5) is 4.79 Å². The number of carbonyl (C=O) groups excluding carboxylic acids is 1. The van der Waals surface area contributed by atoms with Crippen molar-refractivity contribution >= 4 is 23.2 Å². The summed E-state index contributed by atoms with van der Waals surface area (Å²) in [7, 11) is 0. The molecular formula is C15H18N4O4. The Hall–Kier alpha value is -2.77. The lowest BCUT2D eigenvalue weighted by atomic mass is 10.1. The third kappa shape index (κ3) is 4.87. The zero-order chi connectivity index (χ0) is 17.0. The normalized spacial score (nSPS) is 12.7. The maximum atomic E-state index is 11.7. The second-order valence-electron chi connectivity index (χ2n) is 5.98. The van der Waals surface area contributed by atoms with E-state index in [0.717, 1.165) is 0 Å². The van der Waals surface area contributed by atoms with E-state index in [-0.39, 0.29) is 6.42 Å². The van der Waals surface area contributed by atoms with Crippen molar-refractivity contribution in [2.45, 2.75) is 38.8 Å². The highest BCUT2D eigenvalue weighted by atomic mass is 16.6. The number of hydrogen-bond donors (Lipinski definition) is 2. The molecule has 8 heteroatoms. The van der Waals surface area contributed by atoms with Gasteiger partial charge in [-0.15, -0.1) is 0 Å². The van der Waals surface area contributed by atoms with Gasteiger partial charge in [-0.1, -0.05) is 0 Å². The van der Waals surface area contributed by atoms with Crippen LogP contribution in [0.2, 0.25) is 0 Å². The van der Waals surface area contributed by atoms with Gasteiger partial charge in [0.25, 0.3) is 0 Å². The van der Waals surface area contributed by atoms with E-state index in [1.165, 1.54) is 18.6 Å². The van der Waals surface area contributed by atoms with Crippen molar-refractivity contribution in [2.24, 2.45) is 0 Å². The Morgan fingerprint density at radius 1 is 1.26 bits per heavy atom. The summed E-state index contributed by atoms with van der Waals surface area (Å²) < 4.78 is 5.07. The summed E-state index contributed by atoms with van der Waals surface area (Å²) in [6.07, 6.45) is 3.86. The van der Waals surface area contributed by atoms with Crippen LogP contribution in [0.3, 0.4) is 0 Å². The zero-order valence-corrected chi connectivity index (χ0v) is 13.1. The summed E-state index contributed by atoms with van der Waals surface area (Å²) >= 11 is 0. The molecule has 122 valence electrons. The molecule has 2 N–H and O–H groups in total. The number of aromatic nitrogens is 3. The summed E-state index contributed by atoms with van der Waals surface area (Å²) in [6.45, 7) is 5.11. The molecule has 0 radical (unpaired) electrons. The average molecular weight is 318 g/mol. The van der Waals surface area contributed by atoms with Crippen molar-refractivity contribution in [3.8, 4) is 0 Å². The molecule has 2 rings (SSSR count). The highest BCUT2D eigenvalue weighted by molar-refractivity contribution is 5.80. The molecule has 0 unspecified atom stereocenters. The molecule has 0 saturated heterocycles. The molecule has 0 aliphatic carbocycles. The van der Waals surface area contributed by atoms with E-state index in [4.69, 9.17) is 4.74 Å². The summed E-state index contributed by atoms with van der Waals surface area (Å²) in [5.41, 5.74) is 0.962. The van der Waals surface area contributed by atoms with E-state index in [2.05, 4.69) is 20.3 Å². The molecule has 2 aromatic heterocycles. The fraction of sp³-hybridized carbons (Fsp3) is 0.400. The number of carboxylic acids is 1. The largest absolute Gasteiger partial charge is 0.480 e. The van der Waals surface area contributed by atoms with Crippen molar-refractivity contribution in [3.63, 3.8) is 0 Å². The molecule has 0 aromatic carbocycles. The Labute approximate surface area is 132 Å². The molecule has 0 fully saturated rings.